The molecule has 0 saturated carbocycles. The number of amides is 1. The molecule has 1 rings (SSSR count). The largest absolute Gasteiger partial charge is 0.497 e. The molecular formula is C13H19NO5S2. The molecule has 0 atom stereocenters. The number of benzene rings is 1. The number of carbonyl (C=O) groups excluding carboxylic acids is 1. The highest BCUT2D eigenvalue weighted by Gasteiger charge is 2.22. The number of sulfonamides is 1. The molecule has 0 radical (unpaired) electrons. The zero-order valence-electron chi connectivity index (χ0n) is 12.2. The predicted molar refractivity (Wildman–Crippen MR) is 82.5 cm³/mol. The third kappa shape index (κ3) is 5.13. The van der Waals surface area contributed by atoms with Gasteiger partial charge in [-0.05, 0) is 17.9 Å². The Kier molecular flexibility index (Phi) is 6.83. The van der Waals surface area contributed by atoms with E-state index in [1.54, 1.807) is 17.8 Å². The van der Waals surface area contributed by atoms with Crippen molar-refractivity contribution in [3.8, 4) is 11.5 Å². The van der Waals surface area contributed by atoms with Crippen molar-refractivity contribution < 1.29 is 22.7 Å². The van der Waals surface area contributed by atoms with Gasteiger partial charge in [0.2, 0.25) is 5.91 Å². The summed E-state index contributed by atoms with van der Waals surface area (Å²) in [5.41, 5.74) is 0. The average Bonchev–Trinajstić information content (AvgIpc) is 2.46. The smallest absolute Gasteiger partial charge is 0.267 e. The van der Waals surface area contributed by atoms with Gasteiger partial charge >= 0.3 is 0 Å². The second-order valence-electron chi connectivity index (χ2n) is 3.99. The van der Waals surface area contributed by atoms with Gasteiger partial charge in [0.25, 0.3) is 10.0 Å². The highest BCUT2D eigenvalue weighted by atomic mass is 32.2. The van der Waals surface area contributed by atoms with E-state index in [9.17, 15) is 13.2 Å². The van der Waals surface area contributed by atoms with Gasteiger partial charge in [-0.15, -0.1) is 0 Å². The van der Waals surface area contributed by atoms with Crippen LogP contribution in [0.1, 0.15) is 13.3 Å². The standard InChI is InChI=1S/C13H19NO5S2/c1-4-20-8-7-13(15)14-21(16,17)12-9-10(18-2)5-6-11(12)19-3/h5-6,9H,4,7-8H2,1-3H3,(H,14,15). The fraction of sp³-hybridized carbons (Fsp3) is 0.462. The number of thioether (sulfide) groups is 1. The van der Waals surface area contributed by atoms with E-state index in [0.29, 0.717) is 11.5 Å². The van der Waals surface area contributed by atoms with Crippen LogP contribution in [0.2, 0.25) is 0 Å². The molecule has 0 aromatic heterocycles. The quantitative estimate of drug-likeness (QED) is 0.729. The van der Waals surface area contributed by atoms with Crippen molar-refractivity contribution in [2.45, 2.75) is 18.2 Å². The maximum absolute atomic E-state index is 12.2. The van der Waals surface area contributed by atoms with Crippen LogP contribution in [0, 0.1) is 0 Å². The molecule has 0 unspecified atom stereocenters. The Morgan fingerprint density at radius 1 is 1.29 bits per heavy atom. The maximum atomic E-state index is 12.2. The third-order valence-corrected chi connectivity index (χ3v) is 4.88. The van der Waals surface area contributed by atoms with Crippen LogP contribution < -0.4 is 14.2 Å². The Bertz CT molecular complexity index is 586. The van der Waals surface area contributed by atoms with Crippen LogP contribution >= 0.6 is 11.8 Å². The van der Waals surface area contributed by atoms with Gasteiger partial charge in [-0.2, -0.15) is 11.8 Å². The van der Waals surface area contributed by atoms with E-state index < -0.39 is 15.9 Å². The second kappa shape index (κ2) is 8.14. The molecule has 0 aliphatic rings. The molecule has 0 bridgehead atoms. The minimum Gasteiger partial charge on any atom is -0.497 e. The van der Waals surface area contributed by atoms with Crippen LogP contribution in [0.25, 0.3) is 0 Å². The Morgan fingerprint density at radius 3 is 2.57 bits per heavy atom. The Balaban J connectivity index is 2.94. The van der Waals surface area contributed by atoms with E-state index >= 15 is 0 Å². The SMILES string of the molecule is CCSCCC(=O)NS(=O)(=O)c1cc(OC)ccc1OC. The van der Waals surface area contributed by atoms with Gasteiger partial charge < -0.3 is 9.47 Å². The predicted octanol–water partition coefficient (Wildman–Crippen LogP) is 1.65. The van der Waals surface area contributed by atoms with E-state index in [2.05, 4.69) is 0 Å². The highest BCUT2D eigenvalue weighted by molar-refractivity contribution is 7.99. The number of nitrogens with one attached hydrogen (secondary N) is 1. The van der Waals surface area contributed by atoms with Crippen LogP contribution in [-0.4, -0.2) is 40.1 Å². The molecular weight excluding hydrogens is 314 g/mol. The van der Waals surface area contributed by atoms with Gasteiger partial charge in [0, 0.05) is 18.2 Å². The first-order valence-electron chi connectivity index (χ1n) is 6.30. The lowest BCUT2D eigenvalue weighted by Crippen LogP contribution is -2.31. The lowest BCUT2D eigenvalue weighted by molar-refractivity contribution is -0.118. The van der Waals surface area contributed by atoms with E-state index in [1.807, 2.05) is 11.6 Å². The summed E-state index contributed by atoms with van der Waals surface area (Å²) in [6, 6.07) is 4.37. The zero-order chi connectivity index (χ0) is 15.9. The molecule has 1 aromatic carbocycles. The summed E-state index contributed by atoms with van der Waals surface area (Å²) in [5.74, 6) is 1.43. The van der Waals surface area contributed by atoms with E-state index in [0.717, 1.165) is 5.75 Å². The van der Waals surface area contributed by atoms with Crippen LogP contribution in [-0.2, 0) is 14.8 Å². The first kappa shape index (κ1) is 17.6. The van der Waals surface area contributed by atoms with Crippen molar-refractivity contribution in [3.05, 3.63) is 18.2 Å². The Labute approximate surface area is 129 Å². The number of ether oxygens (including phenoxy) is 2. The Morgan fingerprint density at radius 2 is 2.00 bits per heavy atom. The Hall–Kier alpha value is -1.41. The van der Waals surface area contributed by atoms with Crippen molar-refractivity contribution >= 4 is 27.7 Å². The monoisotopic (exact) mass is 333 g/mol. The van der Waals surface area contributed by atoms with Gasteiger partial charge in [-0.25, -0.2) is 13.1 Å². The van der Waals surface area contributed by atoms with Gasteiger partial charge in [0.1, 0.15) is 16.4 Å². The number of hydrogen-bond acceptors (Lipinski definition) is 6. The van der Waals surface area contributed by atoms with Gasteiger partial charge in [0.05, 0.1) is 14.2 Å². The summed E-state index contributed by atoms with van der Waals surface area (Å²) in [7, 11) is -1.19. The molecule has 0 aliphatic carbocycles. The minimum atomic E-state index is -3.99. The summed E-state index contributed by atoms with van der Waals surface area (Å²) >= 11 is 1.57. The van der Waals surface area contributed by atoms with Gasteiger partial charge in [-0.3, -0.25) is 4.79 Å². The van der Waals surface area contributed by atoms with Crippen molar-refractivity contribution in [1.29, 1.82) is 0 Å². The average molecular weight is 333 g/mol. The zero-order valence-corrected chi connectivity index (χ0v) is 13.8. The fourth-order valence-electron chi connectivity index (χ4n) is 1.56. The van der Waals surface area contributed by atoms with Gasteiger partial charge in [-0.1, -0.05) is 6.92 Å². The summed E-state index contributed by atoms with van der Waals surface area (Å²) in [6.07, 6.45) is 0.143. The maximum Gasteiger partial charge on any atom is 0.267 e. The summed E-state index contributed by atoms with van der Waals surface area (Å²) in [4.78, 5) is 11.6. The van der Waals surface area contributed by atoms with Crippen LogP contribution in [0.5, 0.6) is 11.5 Å². The number of rotatable bonds is 8. The second-order valence-corrected chi connectivity index (χ2v) is 7.04. The van der Waals surface area contributed by atoms with Crippen LogP contribution in [0.4, 0.5) is 0 Å². The normalized spacial score (nSPS) is 11.0. The molecule has 0 spiro atoms. The van der Waals surface area contributed by atoms with Crippen LogP contribution in [0.3, 0.4) is 0 Å². The molecule has 1 N–H and O–H groups in total. The molecule has 0 fully saturated rings. The number of hydrogen-bond donors (Lipinski definition) is 1. The van der Waals surface area contributed by atoms with Crippen molar-refractivity contribution in [3.63, 3.8) is 0 Å². The highest BCUT2D eigenvalue weighted by Crippen LogP contribution is 2.28. The fourth-order valence-corrected chi connectivity index (χ4v) is 3.38. The van der Waals surface area contributed by atoms with E-state index in [1.165, 1.54) is 26.4 Å². The summed E-state index contributed by atoms with van der Waals surface area (Å²) in [5, 5.41) is 0. The number of methoxy groups -OCH3 is 2. The molecule has 8 heteroatoms. The molecule has 0 saturated heterocycles. The first-order valence-corrected chi connectivity index (χ1v) is 8.93. The van der Waals surface area contributed by atoms with E-state index in [4.69, 9.17) is 9.47 Å². The van der Waals surface area contributed by atoms with Crippen molar-refractivity contribution in [2.24, 2.45) is 0 Å². The molecule has 6 nitrogen and oxygen atoms in total. The first-order chi connectivity index (χ1) is 9.94. The summed E-state index contributed by atoms with van der Waals surface area (Å²) < 4.78 is 36.6. The number of carbonyl (C=O) groups is 1. The molecule has 0 aliphatic heterocycles. The molecule has 118 valence electrons. The van der Waals surface area contributed by atoms with Crippen LogP contribution in [0.15, 0.2) is 23.1 Å². The molecule has 21 heavy (non-hydrogen) atoms. The van der Waals surface area contributed by atoms with Gasteiger partial charge in [0.15, 0.2) is 0 Å². The van der Waals surface area contributed by atoms with E-state index in [-0.39, 0.29) is 17.1 Å². The topological polar surface area (TPSA) is 81.7 Å². The summed E-state index contributed by atoms with van der Waals surface area (Å²) in [6.45, 7) is 1.97. The molecule has 0 heterocycles. The lowest BCUT2D eigenvalue weighted by atomic mass is 10.3. The van der Waals surface area contributed by atoms with Crippen molar-refractivity contribution in [2.75, 3.05) is 25.7 Å². The third-order valence-electron chi connectivity index (χ3n) is 2.59. The molecule has 1 amide bonds. The lowest BCUT2D eigenvalue weighted by Gasteiger charge is -2.12. The van der Waals surface area contributed by atoms with Crippen molar-refractivity contribution in [1.82, 2.24) is 4.72 Å². The minimum absolute atomic E-state index is 0.124. The molecule has 1 aromatic rings.